The highest BCUT2D eigenvalue weighted by molar-refractivity contribution is 6.32. The maximum atomic E-state index is 6.13. The number of nitrogens with zero attached hydrogens (tertiary/aromatic N) is 3. The first-order valence-electron chi connectivity index (χ1n) is 5.81. The van der Waals surface area contributed by atoms with Crippen LogP contribution in [0.2, 0.25) is 5.02 Å². The van der Waals surface area contributed by atoms with E-state index in [9.17, 15) is 0 Å². The Hall–Kier alpha value is -1.11. The van der Waals surface area contributed by atoms with Crippen molar-refractivity contribution in [2.45, 2.75) is 19.1 Å². The van der Waals surface area contributed by atoms with Crippen LogP contribution in [0.4, 0.5) is 5.82 Å². The SMILES string of the molecule is COc1ncc(Cl)c(N2CC(C)OC(CN)C2)n1. The Morgan fingerprint density at radius 3 is 3.06 bits per heavy atom. The Morgan fingerprint density at radius 1 is 1.61 bits per heavy atom. The number of aromatic nitrogens is 2. The number of halogens is 1. The monoisotopic (exact) mass is 272 g/mol. The molecule has 100 valence electrons. The van der Waals surface area contributed by atoms with Crippen LogP contribution in [0.5, 0.6) is 6.01 Å². The highest BCUT2D eigenvalue weighted by atomic mass is 35.5. The van der Waals surface area contributed by atoms with Crippen LogP contribution in [-0.2, 0) is 4.74 Å². The van der Waals surface area contributed by atoms with Crippen molar-refractivity contribution >= 4 is 17.4 Å². The van der Waals surface area contributed by atoms with Gasteiger partial charge in [0.2, 0.25) is 0 Å². The number of hydrogen-bond acceptors (Lipinski definition) is 6. The molecule has 6 nitrogen and oxygen atoms in total. The van der Waals surface area contributed by atoms with Crippen LogP contribution in [-0.4, -0.2) is 48.9 Å². The van der Waals surface area contributed by atoms with Gasteiger partial charge in [-0.3, -0.25) is 0 Å². The lowest BCUT2D eigenvalue weighted by atomic mass is 10.2. The lowest BCUT2D eigenvalue weighted by Crippen LogP contribution is -2.49. The summed E-state index contributed by atoms with van der Waals surface area (Å²) in [5.41, 5.74) is 5.66. The van der Waals surface area contributed by atoms with Crippen molar-refractivity contribution in [2.24, 2.45) is 5.73 Å². The maximum absolute atomic E-state index is 6.13. The van der Waals surface area contributed by atoms with Gasteiger partial charge in [0.15, 0.2) is 5.82 Å². The number of anilines is 1. The van der Waals surface area contributed by atoms with Gasteiger partial charge in [-0.15, -0.1) is 0 Å². The Bertz CT molecular complexity index is 418. The van der Waals surface area contributed by atoms with Crippen molar-refractivity contribution in [1.29, 1.82) is 0 Å². The van der Waals surface area contributed by atoms with Gasteiger partial charge in [-0.1, -0.05) is 11.6 Å². The molecule has 0 saturated carbocycles. The molecule has 1 aliphatic rings. The summed E-state index contributed by atoms with van der Waals surface area (Å²) in [6.45, 7) is 3.86. The third kappa shape index (κ3) is 2.82. The standard InChI is InChI=1S/C11H17ClN4O2/c1-7-5-16(6-8(3-13)18-7)10-9(12)4-14-11(15-10)17-2/h4,7-8H,3,5-6,13H2,1-2H3. The summed E-state index contributed by atoms with van der Waals surface area (Å²) in [4.78, 5) is 10.3. The minimum Gasteiger partial charge on any atom is -0.467 e. The molecule has 18 heavy (non-hydrogen) atoms. The van der Waals surface area contributed by atoms with Gasteiger partial charge in [0.1, 0.15) is 5.02 Å². The smallest absolute Gasteiger partial charge is 0.318 e. The van der Waals surface area contributed by atoms with E-state index in [4.69, 9.17) is 26.8 Å². The number of nitrogens with two attached hydrogens (primary N) is 1. The van der Waals surface area contributed by atoms with Gasteiger partial charge in [-0.2, -0.15) is 4.98 Å². The number of ether oxygens (including phenoxy) is 2. The third-order valence-electron chi connectivity index (χ3n) is 2.77. The molecule has 0 spiro atoms. The number of hydrogen-bond donors (Lipinski definition) is 1. The van der Waals surface area contributed by atoms with E-state index >= 15 is 0 Å². The molecule has 1 aromatic rings. The van der Waals surface area contributed by atoms with Crippen molar-refractivity contribution in [2.75, 3.05) is 31.6 Å². The van der Waals surface area contributed by atoms with Gasteiger partial charge in [0.05, 0.1) is 25.5 Å². The van der Waals surface area contributed by atoms with E-state index in [1.54, 1.807) is 6.20 Å². The first-order valence-corrected chi connectivity index (χ1v) is 6.18. The molecule has 0 aliphatic carbocycles. The Balaban J connectivity index is 2.24. The molecule has 2 rings (SSSR count). The van der Waals surface area contributed by atoms with E-state index in [1.807, 2.05) is 6.92 Å². The third-order valence-corrected chi connectivity index (χ3v) is 3.04. The van der Waals surface area contributed by atoms with Crippen molar-refractivity contribution in [1.82, 2.24) is 9.97 Å². The molecule has 1 fully saturated rings. The lowest BCUT2D eigenvalue weighted by Gasteiger charge is -2.37. The maximum Gasteiger partial charge on any atom is 0.318 e. The van der Waals surface area contributed by atoms with Crippen molar-refractivity contribution in [3.8, 4) is 6.01 Å². The molecule has 2 heterocycles. The van der Waals surface area contributed by atoms with Gasteiger partial charge in [-0.25, -0.2) is 4.98 Å². The zero-order valence-electron chi connectivity index (χ0n) is 10.5. The van der Waals surface area contributed by atoms with Crippen LogP contribution in [0.15, 0.2) is 6.20 Å². The molecule has 2 unspecified atom stereocenters. The minimum atomic E-state index is -0.00854. The molecule has 2 N–H and O–H groups in total. The molecule has 1 saturated heterocycles. The Labute approximate surface area is 111 Å². The Kier molecular flexibility index (Phi) is 4.21. The second-order valence-electron chi connectivity index (χ2n) is 4.24. The second-order valence-corrected chi connectivity index (χ2v) is 4.64. The predicted octanol–water partition coefficient (Wildman–Crippen LogP) is 0.691. The van der Waals surface area contributed by atoms with E-state index < -0.39 is 0 Å². The average molecular weight is 273 g/mol. The molecular formula is C11H17ClN4O2. The molecule has 0 amide bonds. The fourth-order valence-corrected chi connectivity index (χ4v) is 2.22. The lowest BCUT2D eigenvalue weighted by molar-refractivity contribution is -0.0107. The quantitative estimate of drug-likeness (QED) is 0.873. The molecule has 7 heteroatoms. The van der Waals surface area contributed by atoms with Crippen LogP contribution in [0.25, 0.3) is 0 Å². The molecular weight excluding hydrogens is 256 g/mol. The van der Waals surface area contributed by atoms with E-state index in [2.05, 4.69) is 14.9 Å². The van der Waals surface area contributed by atoms with Gasteiger partial charge in [-0.05, 0) is 6.92 Å². The second kappa shape index (κ2) is 5.69. The summed E-state index contributed by atoms with van der Waals surface area (Å²) in [5, 5.41) is 0.501. The zero-order chi connectivity index (χ0) is 13.1. The largest absolute Gasteiger partial charge is 0.467 e. The molecule has 2 atom stereocenters. The molecule has 0 radical (unpaired) electrons. The first kappa shape index (κ1) is 13.3. The van der Waals surface area contributed by atoms with E-state index in [1.165, 1.54) is 7.11 Å². The normalized spacial score (nSPS) is 24.1. The number of methoxy groups -OCH3 is 1. The summed E-state index contributed by atoms with van der Waals surface area (Å²) < 4.78 is 10.7. The summed E-state index contributed by atoms with van der Waals surface area (Å²) >= 11 is 6.13. The van der Waals surface area contributed by atoms with Crippen molar-refractivity contribution in [3.05, 3.63) is 11.2 Å². The predicted molar refractivity (Wildman–Crippen MR) is 69.2 cm³/mol. The number of morpholine rings is 1. The van der Waals surface area contributed by atoms with Gasteiger partial charge in [0.25, 0.3) is 0 Å². The summed E-state index contributed by atoms with van der Waals surface area (Å²) in [6, 6.07) is 0.304. The van der Waals surface area contributed by atoms with E-state index in [0.717, 1.165) is 6.54 Å². The summed E-state index contributed by atoms with van der Waals surface area (Å²) in [7, 11) is 1.53. The molecule has 1 aliphatic heterocycles. The van der Waals surface area contributed by atoms with Gasteiger partial charge >= 0.3 is 6.01 Å². The van der Waals surface area contributed by atoms with Crippen LogP contribution in [0.1, 0.15) is 6.92 Å². The fraction of sp³-hybridized carbons (Fsp3) is 0.636. The summed E-state index contributed by atoms with van der Waals surface area (Å²) in [6.07, 6.45) is 1.62. The van der Waals surface area contributed by atoms with Crippen LogP contribution in [0.3, 0.4) is 0 Å². The minimum absolute atomic E-state index is 0.00854. The molecule has 0 aromatic carbocycles. The fourth-order valence-electron chi connectivity index (χ4n) is 2.01. The average Bonchev–Trinajstić information content (AvgIpc) is 2.38. The summed E-state index contributed by atoms with van der Waals surface area (Å²) in [5.74, 6) is 0.664. The molecule has 1 aromatic heterocycles. The van der Waals surface area contributed by atoms with Crippen LogP contribution in [0, 0.1) is 0 Å². The zero-order valence-corrected chi connectivity index (χ0v) is 11.2. The van der Waals surface area contributed by atoms with Crippen molar-refractivity contribution in [3.63, 3.8) is 0 Å². The van der Waals surface area contributed by atoms with E-state index in [0.29, 0.717) is 29.9 Å². The van der Waals surface area contributed by atoms with Crippen molar-refractivity contribution < 1.29 is 9.47 Å². The highest BCUT2D eigenvalue weighted by Crippen LogP contribution is 2.27. The topological polar surface area (TPSA) is 73.5 Å². The Morgan fingerprint density at radius 2 is 2.39 bits per heavy atom. The van der Waals surface area contributed by atoms with Crippen LogP contribution < -0.4 is 15.4 Å². The van der Waals surface area contributed by atoms with E-state index in [-0.39, 0.29) is 12.2 Å². The molecule has 0 bridgehead atoms. The van der Waals surface area contributed by atoms with Gasteiger partial charge in [0, 0.05) is 19.6 Å². The van der Waals surface area contributed by atoms with Gasteiger partial charge < -0.3 is 20.1 Å². The van der Waals surface area contributed by atoms with Crippen LogP contribution >= 0.6 is 11.6 Å². The first-order chi connectivity index (χ1) is 8.63. The highest BCUT2D eigenvalue weighted by Gasteiger charge is 2.26. The number of rotatable bonds is 3.